The maximum absolute atomic E-state index is 12.1. The lowest BCUT2D eigenvalue weighted by atomic mass is 9.99. The fraction of sp³-hybridized carbons (Fsp3) is 0.500. The molecule has 0 heterocycles. The Morgan fingerprint density at radius 2 is 1.91 bits per heavy atom. The summed E-state index contributed by atoms with van der Waals surface area (Å²) in [6.45, 7) is 7.38. The van der Waals surface area contributed by atoms with Crippen LogP contribution in [0.3, 0.4) is 0 Å². The van der Waals surface area contributed by atoms with Gasteiger partial charge in [-0.15, -0.1) is 0 Å². The lowest BCUT2D eigenvalue weighted by Crippen LogP contribution is -2.45. The van der Waals surface area contributed by atoms with Crippen LogP contribution >= 0.6 is 0 Å². The van der Waals surface area contributed by atoms with Crippen molar-refractivity contribution in [3.8, 4) is 5.75 Å². The number of carbonyl (C=O) groups excluding carboxylic acids is 1. The van der Waals surface area contributed by atoms with E-state index in [9.17, 15) is 9.59 Å². The van der Waals surface area contributed by atoms with Crippen molar-refractivity contribution < 1.29 is 19.4 Å². The summed E-state index contributed by atoms with van der Waals surface area (Å²) in [7, 11) is 0. The van der Waals surface area contributed by atoms with Gasteiger partial charge in [0.05, 0.1) is 11.8 Å². The van der Waals surface area contributed by atoms with E-state index in [1.165, 1.54) is 0 Å². The molecular weight excluding hydrogens is 284 g/mol. The Bertz CT molecular complexity index is 527. The predicted molar refractivity (Wildman–Crippen MR) is 85.3 cm³/mol. The first-order valence-corrected chi connectivity index (χ1v) is 7.26. The summed E-state index contributed by atoms with van der Waals surface area (Å²) in [6.07, 6.45) is 0.346. The number of ether oxygens (including phenoxy) is 1. The smallest absolute Gasteiger partial charge is 0.319 e. The third-order valence-corrected chi connectivity index (χ3v) is 2.91. The highest BCUT2D eigenvalue weighted by atomic mass is 16.5. The molecule has 0 bridgehead atoms. The van der Waals surface area contributed by atoms with E-state index in [-0.39, 0.29) is 12.5 Å². The van der Waals surface area contributed by atoms with Gasteiger partial charge in [0.1, 0.15) is 5.75 Å². The first kappa shape index (κ1) is 17.8. The topological polar surface area (TPSA) is 87.7 Å². The molecule has 0 aliphatic heterocycles. The normalized spacial score (nSPS) is 11.1. The first-order valence-electron chi connectivity index (χ1n) is 7.26. The van der Waals surface area contributed by atoms with Crippen LogP contribution in [0, 0.1) is 0 Å². The molecule has 22 heavy (non-hydrogen) atoms. The van der Waals surface area contributed by atoms with Crippen LogP contribution in [0.5, 0.6) is 5.75 Å². The lowest BCUT2D eigenvalue weighted by Gasteiger charge is -2.26. The molecule has 0 spiro atoms. The minimum Gasteiger partial charge on any atom is -0.489 e. The Kier molecular flexibility index (Phi) is 6.22. The molecule has 0 aliphatic carbocycles. The first-order chi connectivity index (χ1) is 10.2. The predicted octanol–water partition coefficient (Wildman–Crippen LogP) is 3.24. The van der Waals surface area contributed by atoms with E-state index in [1.54, 1.807) is 32.0 Å². The molecule has 1 rings (SSSR count). The van der Waals surface area contributed by atoms with Gasteiger partial charge < -0.3 is 20.5 Å². The molecule has 0 saturated heterocycles. The Morgan fingerprint density at radius 3 is 2.50 bits per heavy atom. The van der Waals surface area contributed by atoms with Crippen LogP contribution < -0.4 is 15.4 Å². The molecule has 0 radical (unpaired) electrons. The summed E-state index contributed by atoms with van der Waals surface area (Å²) in [5.74, 6) is -0.290. The van der Waals surface area contributed by atoms with Gasteiger partial charge in [0.15, 0.2) is 0 Å². The number of rotatable bonds is 7. The Balaban J connectivity index is 2.67. The van der Waals surface area contributed by atoms with Crippen LogP contribution in [-0.2, 0) is 4.79 Å². The van der Waals surface area contributed by atoms with E-state index in [1.807, 2.05) is 19.9 Å². The summed E-state index contributed by atoms with van der Waals surface area (Å²) < 4.78 is 5.64. The highest BCUT2D eigenvalue weighted by Crippen LogP contribution is 2.25. The summed E-state index contributed by atoms with van der Waals surface area (Å²) in [5, 5.41) is 14.2. The number of nitrogens with one attached hydrogen (secondary N) is 2. The van der Waals surface area contributed by atoms with Gasteiger partial charge in [-0.1, -0.05) is 12.1 Å². The van der Waals surface area contributed by atoms with Crippen LogP contribution in [0.1, 0.15) is 40.5 Å². The number of hydrogen-bond acceptors (Lipinski definition) is 3. The summed E-state index contributed by atoms with van der Waals surface area (Å²) in [4.78, 5) is 22.7. The van der Waals surface area contributed by atoms with Gasteiger partial charge in [-0.25, -0.2) is 4.79 Å². The zero-order chi connectivity index (χ0) is 16.8. The second-order valence-corrected chi connectivity index (χ2v) is 6.02. The van der Waals surface area contributed by atoms with E-state index in [4.69, 9.17) is 9.84 Å². The number of amides is 2. The second kappa shape index (κ2) is 7.68. The minimum atomic E-state index is -0.883. The molecule has 6 heteroatoms. The van der Waals surface area contributed by atoms with E-state index < -0.39 is 17.5 Å². The third kappa shape index (κ3) is 6.47. The van der Waals surface area contributed by atoms with Crippen molar-refractivity contribution >= 4 is 17.7 Å². The van der Waals surface area contributed by atoms with Crippen LogP contribution in [0.2, 0.25) is 0 Å². The SMILES string of the molecule is CC(C)Oc1ccccc1NC(=O)NC(C)(C)CCC(=O)O. The average molecular weight is 308 g/mol. The number of benzene rings is 1. The van der Waals surface area contributed by atoms with E-state index in [2.05, 4.69) is 10.6 Å². The van der Waals surface area contributed by atoms with Crippen molar-refractivity contribution in [2.75, 3.05) is 5.32 Å². The van der Waals surface area contributed by atoms with E-state index in [0.717, 1.165) is 0 Å². The molecule has 122 valence electrons. The number of carboxylic acids is 1. The van der Waals surface area contributed by atoms with Crippen molar-refractivity contribution in [3.05, 3.63) is 24.3 Å². The molecule has 0 fully saturated rings. The largest absolute Gasteiger partial charge is 0.489 e. The van der Waals surface area contributed by atoms with Gasteiger partial charge in [-0.3, -0.25) is 4.79 Å². The fourth-order valence-corrected chi connectivity index (χ4v) is 1.87. The van der Waals surface area contributed by atoms with Crippen LogP contribution in [0.15, 0.2) is 24.3 Å². The van der Waals surface area contributed by atoms with Gasteiger partial charge >= 0.3 is 12.0 Å². The number of carboxylic acid groups (broad SMARTS) is 1. The highest BCUT2D eigenvalue weighted by Gasteiger charge is 2.22. The number of carbonyl (C=O) groups is 2. The lowest BCUT2D eigenvalue weighted by molar-refractivity contribution is -0.137. The number of hydrogen-bond donors (Lipinski definition) is 3. The molecule has 0 aliphatic rings. The van der Waals surface area contributed by atoms with Crippen LogP contribution in [-0.4, -0.2) is 28.7 Å². The standard InChI is InChI=1S/C16H24N2O4/c1-11(2)22-13-8-6-5-7-12(13)17-15(21)18-16(3,4)10-9-14(19)20/h5-8,11H,9-10H2,1-4H3,(H,19,20)(H2,17,18,21). The molecule has 0 aromatic heterocycles. The Morgan fingerprint density at radius 1 is 1.27 bits per heavy atom. The van der Waals surface area contributed by atoms with Crippen molar-refractivity contribution in [2.24, 2.45) is 0 Å². The fourth-order valence-electron chi connectivity index (χ4n) is 1.87. The van der Waals surface area contributed by atoms with Crippen LogP contribution in [0.4, 0.5) is 10.5 Å². The summed E-state index contributed by atoms with van der Waals surface area (Å²) >= 11 is 0. The van der Waals surface area contributed by atoms with Gasteiger partial charge in [-0.05, 0) is 46.2 Å². The molecule has 1 aromatic carbocycles. The summed E-state index contributed by atoms with van der Waals surface area (Å²) in [6, 6.07) is 6.78. The van der Waals surface area contributed by atoms with Crippen LogP contribution in [0.25, 0.3) is 0 Å². The zero-order valence-electron chi connectivity index (χ0n) is 13.5. The molecule has 6 nitrogen and oxygen atoms in total. The van der Waals surface area contributed by atoms with Crippen molar-refractivity contribution in [1.82, 2.24) is 5.32 Å². The van der Waals surface area contributed by atoms with Gasteiger partial charge in [-0.2, -0.15) is 0 Å². The number of anilines is 1. The van der Waals surface area contributed by atoms with E-state index >= 15 is 0 Å². The molecule has 0 unspecified atom stereocenters. The third-order valence-electron chi connectivity index (χ3n) is 2.91. The maximum atomic E-state index is 12.1. The summed E-state index contributed by atoms with van der Waals surface area (Å²) in [5.41, 5.74) is -0.0428. The zero-order valence-corrected chi connectivity index (χ0v) is 13.5. The van der Waals surface area contributed by atoms with Gasteiger partial charge in [0, 0.05) is 12.0 Å². The quantitative estimate of drug-likeness (QED) is 0.721. The Labute approximate surface area is 130 Å². The number of urea groups is 1. The average Bonchev–Trinajstić information content (AvgIpc) is 2.37. The molecular formula is C16H24N2O4. The number of aliphatic carboxylic acids is 1. The minimum absolute atomic E-state index is 0.000325. The molecule has 0 saturated carbocycles. The molecule has 1 aromatic rings. The Hall–Kier alpha value is -2.24. The van der Waals surface area contributed by atoms with E-state index in [0.29, 0.717) is 17.9 Å². The van der Waals surface area contributed by atoms with Crippen molar-refractivity contribution in [1.29, 1.82) is 0 Å². The second-order valence-electron chi connectivity index (χ2n) is 6.02. The van der Waals surface area contributed by atoms with Gasteiger partial charge in [0.25, 0.3) is 0 Å². The monoisotopic (exact) mass is 308 g/mol. The van der Waals surface area contributed by atoms with Gasteiger partial charge in [0.2, 0.25) is 0 Å². The maximum Gasteiger partial charge on any atom is 0.319 e. The van der Waals surface area contributed by atoms with Crippen molar-refractivity contribution in [2.45, 2.75) is 52.2 Å². The number of para-hydroxylation sites is 2. The molecule has 0 atom stereocenters. The highest BCUT2D eigenvalue weighted by molar-refractivity contribution is 5.91. The molecule has 2 amide bonds. The van der Waals surface area contributed by atoms with Crippen molar-refractivity contribution in [3.63, 3.8) is 0 Å². The molecule has 3 N–H and O–H groups in total.